The number of imidazole rings is 1. The molecule has 0 fully saturated rings. The Hall–Kier alpha value is -4.14. The maximum absolute atomic E-state index is 14.1. The zero-order valence-electron chi connectivity index (χ0n) is 19.8. The first-order chi connectivity index (χ1) is 16.7. The number of ether oxygens (including phenoxy) is 1. The Bertz CT molecular complexity index is 1370. The average Bonchev–Trinajstić information content (AvgIpc) is 3.25. The predicted octanol–water partition coefficient (Wildman–Crippen LogP) is 5.91. The molecule has 4 aromatic rings. The minimum Gasteiger partial charge on any atom is -0.496 e. The van der Waals surface area contributed by atoms with Gasteiger partial charge in [0.1, 0.15) is 23.6 Å². The van der Waals surface area contributed by atoms with Crippen molar-refractivity contribution < 1.29 is 18.3 Å². The Labute approximate surface area is 201 Å². The Morgan fingerprint density at radius 1 is 1.17 bits per heavy atom. The van der Waals surface area contributed by atoms with Gasteiger partial charge in [-0.05, 0) is 49.7 Å². The van der Waals surface area contributed by atoms with E-state index in [9.17, 15) is 13.6 Å². The van der Waals surface area contributed by atoms with Gasteiger partial charge in [-0.15, -0.1) is 0 Å². The Kier molecular flexibility index (Phi) is 6.59. The molecule has 0 radical (unpaired) electrons. The number of carbonyl (C=O) groups is 1. The van der Waals surface area contributed by atoms with Crippen molar-refractivity contribution in [2.75, 3.05) is 12.4 Å². The first kappa shape index (κ1) is 24.0. The van der Waals surface area contributed by atoms with Gasteiger partial charge in [0, 0.05) is 40.7 Å². The van der Waals surface area contributed by atoms with Gasteiger partial charge >= 0.3 is 0 Å². The summed E-state index contributed by atoms with van der Waals surface area (Å²) in [6, 6.07) is 11.2. The molecule has 0 aliphatic rings. The van der Waals surface area contributed by atoms with Crippen LogP contribution in [0.4, 0.5) is 14.5 Å². The second-order valence-electron chi connectivity index (χ2n) is 8.06. The molecule has 35 heavy (non-hydrogen) atoms. The van der Waals surface area contributed by atoms with Crippen molar-refractivity contribution >= 4 is 11.6 Å². The molecule has 2 N–H and O–H groups in total. The van der Waals surface area contributed by atoms with E-state index >= 15 is 0 Å². The molecule has 0 spiro atoms. The molecule has 2 aromatic heterocycles. The number of halogens is 2. The number of aryl methyl sites for hydroxylation is 1. The summed E-state index contributed by atoms with van der Waals surface area (Å²) in [4.78, 5) is 29.0. The summed E-state index contributed by atoms with van der Waals surface area (Å²) < 4.78 is 33.7. The lowest BCUT2D eigenvalue weighted by Crippen LogP contribution is -2.16. The van der Waals surface area contributed by atoms with Gasteiger partial charge in [0.25, 0.3) is 11.8 Å². The fraction of sp³-hybridized carbons (Fsp3) is 0.231. The number of H-pyrrole nitrogens is 1. The highest BCUT2D eigenvalue weighted by molar-refractivity contribution is 6.04. The van der Waals surface area contributed by atoms with Crippen LogP contribution in [0, 0.1) is 13.8 Å². The number of alkyl halides is 2. The van der Waals surface area contributed by atoms with Crippen molar-refractivity contribution in [2.24, 2.45) is 0 Å². The van der Waals surface area contributed by atoms with Crippen LogP contribution in [-0.4, -0.2) is 33.0 Å². The van der Waals surface area contributed by atoms with Gasteiger partial charge in [-0.2, -0.15) is 0 Å². The summed E-state index contributed by atoms with van der Waals surface area (Å²) in [6.07, 6.45) is 2.79. The molecule has 0 aliphatic heterocycles. The molecule has 2 heterocycles. The van der Waals surface area contributed by atoms with E-state index in [1.165, 1.54) is 31.5 Å². The molecule has 0 bridgehead atoms. The van der Waals surface area contributed by atoms with E-state index in [-0.39, 0.29) is 23.4 Å². The van der Waals surface area contributed by atoms with E-state index in [0.29, 0.717) is 23.0 Å². The molecule has 0 aliphatic carbocycles. The van der Waals surface area contributed by atoms with Crippen molar-refractivity contribution in [1.29, 1.82) is 0 Å². The third-order valence-corrected chi connectivity index (χ3v) is 5.83. The van der Waals surface area contributed by atoms with E-state index in [1.807, 2.05) is 19.1 Å². The van der Waals surface area contributed by atoms with Gasteiger partial charge in [0.05, 0.1) is 12.8 Å². The van der Waals surface area contributed by atoms with Crippen LogP contribution in [0.2, 0.25) is 0 Å². The smallest absolute Gasteiger partial charge is 0.276 e. The molecule has 0 unspecified atom stereocenters. The number of anilines is 1. The number of aromatic nitrogens is 4. The van der Waals surface area contributed by atoms with Gasteiger partial charge < -0.3 is 15.0 Å². The minimum atomic E-state index is -2.97. The fourth-order valence-electron chi connectivity index (χ4n) is 3.90. The molecule has 4 rings (SSSR count). The summed E-state index contributed by atoms with van der Waals surface area (Å²) >= 11 is 0. The Morgan fingerprint density at radius 3 is 2.66 bits per heavy atom. The van der Waals surface area contributed by atoms with Crippen LogP contribution in [0.5, 0.6) is 5.75 Å². The van der Waals surface area contributed by atoms with Gasteiger partial charge in [-0.3, -0.25) is 4.79 Å². The quantitative estimate of drug-likeness (QED) is 0.345. The van der Waals surface area contributed by atoms with Crippen LogP contribution >= 0.6 is 0 Å². The van der Waals surface area contributed by atoms with E-state index < -0.39 is 11.8 Å². The number of hydrogen-bond acceptors (Lipinski definition) is 5. The summed E-state index contributed by atoms with van der Waals surface area (Å²) in [5.74, 6) is -2.32. The lowest BCUT2D eigenvalue weighted by atomic mass is 9.98. The molecular formula is C26H25F2N5O2. The standard InChI is InChI=1S/C26H25F2N5O2/c1-5-26(27,28)17-7-6-8-18(13-17)32-25(34)23-16(3)31-24(33-23)19-9-10-21(35-4)22(15(19)2)20-11-12-29-14-30-20/h6-14H,5H2,1-4H3,(H,31,33)(H,32,34). The predicted molar refractivity (Wildman–Crippen MR) is 130 cm³/mol. The first-order valence-corrected chi connectivity index (χ1v) is 11.1. The Morgan fingerprint density at radius 2 is 1.97 bits per heavy atom. The van der Waals surface area contributed by atoms with E-state index in [4.69, 9.17) is 4.74 Å². The van der Waals surface area contributed by atoms with Crippen LogP contribution in [0.1, 0.15) is 40.7 Å². The zero-order chi connectivity index (χ0) is 25.2. The molecule has 7 nitrogen and oxygen atoms in total. The largest absolute Gasteiger partial charge is 0.496 e. The topological polar surface area (TPSA) is 92.8 Å². The second kappa shape index (κ2) is 9.61. The average molecular weight is 478 g/mol. The van der Waals surface area contributed by atoms with Gasteiger partial charge in [-0.1, -0.05) is 19.1 Å². The van der Waals surface area contributed by atoms with Crippen molar-refractivity contribution in [3.8, 4) is 28.4 Å². The third-order valence-electron chi connectivity index (χ3n) is 5.83. The van der Waals surface area contributed by atoms with Crippen LogP contribution in [0.3, 0.4) is 0 Å². The maximum atomic E-state index is 14.1. The van der Waals surface area contributed by atoms with E-state index in [1.54, 1.807) is 32.4 Å². The number of amides is 1. The number of hydrogen-bond donors (Lipinski definition) is 2. The van der Waals surface area contributed by atoms with Crippen LogP contribution < -0.4 is 10.1 Å². The zero-order valence-corrected chi connectivity index (χ0v) is 19.8. The number of methoxy groups -OCH3 is 1. The normalized spacial score (nSPS) is 11.4. The molecule has 0 atom stereocenters. The van der Waals surface area contributed by atoms with Crippen molar-refractivity contribution in [1.82, 2.24) is 19.9 Å². The highest BCUT2D eigenvalue weighted by atomic mass is 19.3. The maximum Gasteiger partial charge on any atom is 0.276 e. The molecule has 2 aromatic carbocycles. The molecule has 1 amide bonds. The van der Waals surface area contributed by atoms with Crippen molar-refractivity contribution in [3.05, 3.63) is 77.5 Å². The Balaban J connectivity index is 1.67. The number of nitrogens with one attached hydrogen (secondary N) is 2. The molecule has 180 valence electrons. The monoisotopic (exact) mass is 477 g/mol. The van der Waals surface area contributed by atoms with Gasteiger partial charge in [0.15, 0.2) is 0 Å². The van der Waals surface area contributed by atoms with Crippen molar-refractivity contribution in [3.63, 3.8) is 0 Å². The summed E-state index contributed by atoms with van der Waals surface area (Å²) in [5, 5.41) is 2.68. The fourth-order valence-corrected chi connectivity index (χ4v) is 3.90. The summed E-state index contributed by atoms with van der Waals surface area (Å²) in [6.45, 7) is 5.07. The molecular weight excluding hydrogens is 452 g/mol. The van der Waals surface area contributed by atoms with E-state index in [0.717, 1.165) is 16.7 Å². The highest BCUT2D eigenvalue weighted by Gasteiger charge is 2.29. The number of nitrogens with zero attached hydrogens (tertiary/aromatic N) is 3. The number of rotatable bonds is 7. The molecule has 9 heteroatoms. The SMILES string of the molecule is CCC(F)(F)c1cccc(NC(=O)c2nc(-c3ccc(OC)c(-c4ccncn4)c3C)[nH]c2C)c1. The van der Waals surface area contributed by atoms with Crippen molar-refractivity contribution in [2.45, 2.75) is 33.1 Å². The third kappa shape index (κ3) is 4.75. The van der Waals surface area contributed by atoms with Crippen LogP contribution in [0.25, 0.3) is 22.6 Å². The number of carbonyl (C=O) groups excluding carboxylic acids is 1. The summed E-state index contributed by atoms with van der Waals surface area (Å²) in [5.41, 5.74) is 3.96. The van der Waals surface area contributed by atoms with Gasteiger partial charge in [-0.25, -0.2) is 23.7 Å². The molecule has 0 saturated carbocycles. The van der Waals surface area contributed by atoms with Crippen LogP contribution in [-0.2, 0) is 5.92 Å². The first-order valence-electron chi connectivity index (χ1n) is 11.1. The summed E-state index contributed by atoms with van der Waals surface area (Å²) in [7, 11) is 1.59. The lowest BCUT2D eigenvalue weighted by Gasteiger charge is -2.15. The van der Waals surface area contributed by atoms with Gasteiger partial charge in [0.2, 0.25) is 0 Å². The second-order valence-corrected chi connectivity index (χ2v) is 8.06. The molecule has 0 saturated heterocycles. The lowest BCUT2D eigenvalue weighted by molar-refractivity contribution is -0.00824. The highest BCUT2D eigenvalue weighted by Crippen LogP contribution is 2.37. The van der Waals surface area contributed by atoms with E-state index in [2.05, 4.69) is 25.3 Å². The number of aromatic amines is 1. The number of benzene rings is 2. The minimum absolute atomic E-state index is 0.150. The van der Waals surface area contributed by atoms with Crippen LogP contribution in [0.15, 0.2) is 55.0 Å².